The fraction of sp³-hybridized carbons (Fsp3) is 0.231. The van der Waals surface area contributed by atoms with Gasteiger partial charge in [-0.05, 0) is 60.5 Å². The smallest absolute Gasteiger partial charge is 0.255 e. The molecule has 0 saturated carbocycles. The van der Waals surface area contributed by atoms with Gasteiger partial charge in [-0.15, -0.1) is 0 Å². The first kappa shape index (κ1) is 21.9. The predicted molar refractivity (Wildman–Crippen MR) is 130 cm³/mol. The summed E-state index contributed by atoms with van der Waals surface area (Å²) in [5.41, 5.74) is 4.21. The van der Waals surface area contributed by atoms with Gasteiger partial charge in [-0.25, -0.2) is 0 Å². The normalized spacial score (nSPS) is 13.7. The number of aryl methyl sites for hydroxylation is 1. The maximum absolute atomic E-state index is 12.8. The minimum atomic E-state index is -0.128. The number of para-hydroxylation sites is 2. The molecule has 1 saturated heterocycles. The Balaban J connectivity index is 1.42. The standard InChI is InChI=1S/C26H26ClN3O2/c1-2-19-7-9-20(10-8-19)25(31)28-23-5-3-4-6-24(23)29-15-17-30(18-16-29)26(32)21-11-13-22(27)14-12-21/h3-14H,2,15-18H2,1H3,(H,28,31). The molecule has 6 heteroatoms. The Morgan fingerprint density at radius 2 is 1.47 bits per heavy atom. The van der Waals surface area contributed by atoms with E-state index in [1.54, 1.807) is 24.3 Å². The lowest BCUT2D eigenvalue weighted by Gasteiger charge is -2.37. The highest BCUT2D eigenvalue weighted by Gasteiger charge is 2.24. The van der Waals surface area contributed by atoms with Crippen molar-refractivity contribution in [1.29, 1.82) is 0 Å². The van der Waals surface area contributed by atoms with Crippen LogP contribution in [0.15, 0.2) is 72.8 Å². The largest absolute Gasteiger partial charge is 0.366 e. The number of nitrogens with one attached hydrogen (secondary N) is 1. The number of piperazine rings is 1. The second kappa shape index (κ2) is 9.88. The van der Waals surface area contributed by atoms with E-state index in [0.29, 0.717) is 42.3 Å². The molecule has 0 bridgehead atoms. The molecule has 1 fully saturated rings. The molecule has 0 spiro atoms. The second-order valence-corrected chi connectivity index (χ2v) is 8.24. The molecule has 1 N–H and O–H groups in total. The molecule has 3 aromatic rings. The number of carbonyl (C=O) groups excluding carboxylic acids is 2. The summed E-state index contributed by atoms with van der Waals surface area (Å²) in [6, 6.07) is 22.5. The third kappa shape index (κ3) is 4.94. The van der Waals surface area contributed by atoms with Crippen molar-refractivity contribution in [2.24, 2.45) is 0 Å². The molecule has 0 unspecified atom stereocenters. The monoisotopic (exact) mass is 447 g/mol. The topological polar surface area (TPSA) is 52.7 Å². The molecule has 1 heterocycles. The van der Waals surface area contributed by atoms with Gasteiger partial charge in [0.25, 0.3) is 11.8 Å². The Kier molecular flexibility index (Phi) is 6.76. The van der Waals surface area contributed by atoms with E-state index in [9.17, 15) is 9.59 Å². The van der Waals surface area contributed by atoms with Crippen LogP contribution in [0.3, 0.4) is 0 Å². The molecule has 32 heavy (non-hydrogen) atoms. The summed E-state index contributed by atoms with van der Waals surface area (Å²) in [5, 5.41) is 3.67. The first-order valence-electron chi connectivity index (χ1n) is 10.8. The van der Waals surface area contributed by atoms with E-state index in [1.165, 1.54) is 5.56 Å². The highest BCUT2D eigenvalue weighted by atomic mass is 35.5. The summed E-state index contributed by atoms with van der Waals surface area (Å²) in [7, 11) is 0. The summed E-state index contributed by atoms with van der Waals surface area (Å²) in [6.07, 6.45) is 0.942. The number of halogens is 1. The van der Waals surface area contributed by atoms with Crippen LogP contribution in [0, 0.1) is 0 Å². The molecule has 1 aliphatic heterocycles. The summed E-state index contributed by atoms with van der Waals surface area (Å²) in [4.78, 5) is 29.6. The van der Waals surface area contributed by atoms with Crippen molar-refractivity contribution in [1.82, 2.24) is 4.90 Å². The van der Waals surface area contributed by atoms with Crippen molar-refractivity contribution in [2.75, 3.05) is 36.4 Å². The summed E-state index contributed by atoms with van der Waals surface area (Å²) in [5.74, 6) is -0.116. The molecular weight excluding hydrogens is 422 g/mol. The molecule has 164 valence electrons. The molecule has 1 aliphatic rings. The zero-order valence-corrected chi connectivity index (χ0v) is 18.8. The van der Waals surface area contributed by atoms with Gasteiger partial charge >= 0.3 is 0 Å². The van der Waals surface area contributed by atoms with Crippen LogP contribution in [-0.2, 0) is 6.42 Å². The molecule has 0 aromatic heterocycles. The number of carbonyl (C=O) groups is 2. The SMILES string of the molecule is CCc1ccc(C(=O)Nc2ccccc2N2CCN(C(=O)c3ccc(Cl)cc3)CC2)cc1. The van der Waals surface area contributed by atoms with Crippen molar-refractivity contribution in [2.45, 2.75) is 13.3 Å². The third-order valence-electron chi connectivity index (χ3n) is 5.78. The van der Waals surface area contributed by atoms with Crippen LogP contribution < -0.4 is 10.2 Å². The minimum Gasteiger partial charge on any atom is -0.366 e. The Labute approximate surface area is 193 Å². The number of amides is 2. The van der Waals surface area contributed by atoms with Gasteiger partial charge in [-0.2, -0.15) is 0 Å². The zero-order chi connectivity index (χ0) is 22.5. The molecule has 5 nitrogen and oxygen atoms in total. The van der Waals surface area contributed by atoms with E-state index in [0.717, 1.165) is 17.8 Å². The fourth-order valence-electron chi connectivity index (χ4n) is 3.87. The molecule has 0 radical (unpaired) electrons. The maximum atomic E-state index is 12.8. The lowest BCUT2D eigenvalue weighted by atomic mass is 10.1. The van der Waals surface area contributed by atoms with Crippen LogP contribution in [0.2, 0.25) is 5.02 Å². The summed E-state index contributed by atoms with van der Waals surface area (Å²) < 4.78 is 0. The molecule has 0 atom stereocenters. The van der Waals surface area contributed by atoms with Gasteiger partial charge in [0.2, 0.25) is 0 Å². The van der Waals surface area contributed by atoms with Gasteiger partial charge in [0, 0.05) is 42.3 Å². The van der Waals surface area contributed by atoms with Crippen molar-refractivity contribution in [3.63, 3.8) is 0 Å². The van der Waals surface area contributed by atoms with Crippen LogP contribution in [0.25, 0.3) is 0 Å². The molecule has 3 aromatic carbocycles. The first-order chi connectivity index (χ1) is 15.5. The highest BCUT2D eigenvalue weighted by molar-refractivity contribution is 6.30. The van der Waals surface area contributed by atoms with E-state index in [4.69, 9.17) is 11.6 Å². The molecule has 0 aliphatic carbocycles. The Hall–Kier alpha value is -3.31. The molecule has 4 rings (SSSR count). The van der Waals surface area contributed by atoms with Crippen LogP contribution in [0.5, 0.6) is 0 Å². The number of rotatable bonds is 5. The lowest BCUT2D eigenvalue weighted by molar-refractivity contribution is 0.0746. The maximum Gasteiger partial charge on any atom is 0.255 e. The van der Waals surface area contributed by atoms with Gasteiger partial charge in [0.15, 0.2) is 0 Å². The number of hydrogen-bond donors (Lipinski definition) is 1. The number of benzene rings is 3. The average Bonchev–Trinajstić information content (AvgIpc) is 2.84. The van der Waals surface area contributed by atoms with Crippen molar-refractivity contribution >= 4 is 34.8 Å². The van der Waals surface area contributed by atoms with Gasteiger partial charge in [-0.3, -0.25) is 9.59 Å². The summed E-state index contributed by atoms with van der Waals surface area (Å²) in [6.45, 7) is 4.70. The quantitative estimate of drug-likeness (QED) is 0.590. The first-order valence-corrected chi connectivity index (χ1v) is 11.2. The van der Waals surface area contributed by atoms with Gasteiger partial charge < -0.3 is 15.1 Å². The number of anilines is 2. The third-order valence-corrected chi connectivity index (χ3v) is 6.03. The zero-order valence-electron chi connectivity index (χ0n) is 18.1. The lowest BCUT2D eigenvalue weighted by Crippen LogP contribution is -2.49. The van der Waals surface area contributed by atoms with Crippen molar-refractivity contribution < 1.29 is 9.59 Å². The van der Waals surface area contributed by atoms with Gasteiger partial charge in [0.1, 0.15) is 0 Å². The Morgan fingerprint density at radius 3 is 2.12 bits per heavy atom. The number of nitrogens with zero attached hydrogens (tertiary/aromatic N) is 2. The fourth-order valence-corrected chi connectivity index (χ4v) is 3.99. The molecular formula is C26H26ClN3O2. The van der Waals surface area contributed by atoms with E-state index in [-0.39, 0.29) is 11.8 Å². The van der Waals surface area contributed by atoms with Gasteiger partial charge in [-0.1, -0.05) is 42.8 Å². The second-order valence-electron chi connectivity index (χ2n) is 7.81. The van der Waals surface area contributed by atoms with Crippen molar-refractivity contribution in [3.05, 3.63) is 94.5 Å². The average molecular weight is 448 g/mol. The van der Waals surface area contributed by atoms with E-state index in [2.05, 4.69) is 17.1 Å². The van der Waals surface area contributed by atoms with Crippen LogP contribution in [-0.4, -0.2) is 42.9 Å². The van der Waals surface area contributed by atoms with E-state index in [1.807, 2.05) is 53.4 Å². The molecule has 2 amide bonds. The van der Waals surface area contributed by atoms with Crippen LogP contribution in [0.4, 0.5) is 11.4 Å². The highest BCUT2D eigenvalue weighted by Crippen LogP contribution is 2.27. The number of hydrogen-bond acceptors (Lipinski definition) is 3. The summed E-state index contributed by atoms with van der Waals surface area (Å²) >= 11 is 5.93. The van der Waals surface area contributed by atoms with E-state index >= 15 is 0 Å². The predicted octanol–water partition coefficient (Wildman–Crippen LogP) is 5.12. The Morgan fingerprint density at radius 1 is 0.844 bits per heavy atom. The van der Waals surface area contributed by atoms with E-state index < -0.39 is 0 Å². The van der Waals surface area contributed by atoms with Gasteiger partial charge in [0.05, 0.1) is 11.4 Å². The Bertz CT molecular complexity index is 1090. The van der Waals surface area contributed by atoms with Crippen LogP contribution >= 0.6 is 11.6 Å². The van der Waals surface area contributed by atoms with Crippen molar-refractivity contribution in [3.8, 4) is 0 Å². The van der Waals surface area contributed by atoms with Crippen LogP contribution in [0.1, 0.15) is 33.2 Å². The minimum absolute atomic E-state index is 0.0124.